The van der Waals surface area contributed by atoms with Gasteiger partial charge in [0.25, 0.3) is 0 Å². The molecule has 0 aliphatic carbocycles. The fraction of sp³-hybridized carbons (Fsp3) is 0.800. The van der Waals surface area contributed by atoms with Crippen molar-refractivity contribution < 1.29 is 0 Å². The zero-order chi connectivity index (χ0) is 8.65. The monoisotopic (exact) mass is 153 g/mol. The average Bonchev–Trinajstić information content (AvgIpc) is 2.34. The normalized spacial score (nSPS) is 37.5. The summed E-state index contributed by atoms with van der Waals surface area (Å²) >= 11 is 0. The molecule has 1 saturated heterocycles. The fourth-order valence-electron chi connectivity index (χ4n) is 1.97. The van der Waals surface area contributed by atoms with Gasteiger partial charge in [-0.2, -0.15) is 0 Å². The highest BCUT2D eigenvalue weighted by Gasteiger charge is 2.53. The predicted molar refractivity (Wildman–Crippen MR) is 49.7 cm³/mol. The Morgan fingerprint density at radius 1 is 1.45 bits per heavy atom. The lowest BCUT2D eigenvalue weighted by molar-refractivity contribution is 0.395. The minimum absolute atomic E-state index is 0.429. The molecule has 1 heteroatoms. The molecule has 0 radical (unpaired) electrons. The molecule has 0 bridgehead atoms. The van der Waals surface area contributed by atoms with Gasteiger partial charge >= 0.3 is 0 Å². The molecule has 0 spiro atoms. The van der Waals surface area contributed by atoms with E-state index in [1.54, 1.807) is 0 Å². The van der Waals surface area contributed by atoms with Crippen molar-refractivity contribution >= 4 is 0 Å². The first-order valence-corrected chi connectivity index (χ1v) is 4.43. The van der Waals surface area contributed by atoms with Crippen LogP contribution in [0.4, 0.5) is 0 Å². The topological polar surface area (TPSA) is 3.01 Å². The SMILES string of the molecule is C/C=C\C(C)N1C(C)C1(C)C. The maximum absolute atomic E-state index is 2.52. The maximum Gasteiger partial charge on any atom is 0.0315 e. The Bertz CT molecular complexity index is 170. The number of allylic oxidation sites excluding steroid dienone is 1. The predicted octanol–water partition coefficient (Wildman–Crippen LogP) is 2.43. The molecule has 0 amide bonds. The molecule has 1 fully saturated rings. The molecule has 0 aromatic carbocycles. The van der Waals surface area contributed by atoms with Crippen LogP contribution in [0.3, 0.4) is 0 Å². The average molecular weight is 153 g/mol. The first kappa shape index (κ1) is 8.79. The molecule has 3 unspecified atom stereocenters. The Hall–Kier alpha value is -0.300. The molecule has 0 saturated carbocycles. The van der Waals surface area contributed by atoms with Gasteiger partial charge in [-0.1, -0.05) is 12.2 Å². The first-order valence-electron chi connectivity index (χ1n) is 4.43. The summed E-state index contributed by atoms with van der Waals surface area (Å²) in [6.45, 7) is 11.2. The molecule has 1 aliphatic heterocycles. The maximum atomic E-state index is 2.52. The molecule has 1 heterocycles. The molecule has 1 rings (SSSR count). The Morgan fingerprint density at radius 2 is 1.91 bits per heavy atom. The third-order valence-corrected chi connectivity index (χ3v) is 2.95. The molecule has 3 atom stereocenters. The minimum atomic E-state index is 0.429. The van der Waals surface area contributed by atoms with Gasteiger partial charge in [-0.3, -0.25) is 4.90 Å². The Labute approximate surface area is 70.1 Å². The van der Waals surface area contributed by atoms with Crippen molar-refractivity contribution in [3.8, 4) is 0 Å². The molecule has 1 nitrogen and oxygen atoms in total. The number of nitrogens with zero attached hydrogens (tertiary/aromatic N) is 1. The highest BCUT2D eigenvalue weighted by molar-refractivity contribution is 5.14. The van der Waals surface area contributed by atoms with E-state index in [1.807, 2.05) is 0 Å². The van der Waals surface area contributed by atoms with Gasteiger partial charge in [0.15, 0.2) is 0 Å². The van der Waals surface area contributed by atoms with Crippen LogP contribution in [0.2, 0.25) is 0 Å². The highest BCUT2D eigenvalue weighted by Crippen LogP contribution is 2.42. The Balaban J connectivity index is 2.53. The second-order valence-corrected chi connectivity index (χ2v) is 4.00. The van der Waals surface area contributed by atoms with Crippen molar-refractivity contribution in [1.82, 2.24) is 4.90 Å². The summed E-state index contributed by atoms with van der Waals surface area (Å²) in [5.41, 5.74) is 0.429. The number of rotatable bonds is 2. The van der Waals surface area contributed by atoms with E-state index < -0.39 is 0 Å². The van der Waals surface area contributed by atoms with Crippen LogP contribution in [-0.4, -0.2) is 22.5 Å². The van der Waals surface area contributed by atoms with E-state index >= 15 is 0 Å². The lowest BCUT2D eigenvalue weighted by atomic mass is 10.1. The van der Waals surface area contributed by atoms with E-state index in [0.717, 1.165) is 6.04 Å². The van der Waals surface area contributed by atoms with Gasteiger partial charge in [-0.15, -0.1) is 0 Å². The van der Waals surface area contributed by atoms with Crippen LogP contribution in [0.5, 0.6) is 0 Å². The van der Waals surface area contributed by atoms with Gasteiger partial charge < -0.3 is 0 Å². The van der Waals surface area contributed by atoms with E-state index in [1.165, 1.54) is 0 Å². The largest absolute Gasteiger partial charge is 0.286 e. The molecule has 1 aliphatic rings. The smallest absolute Gasteiger partial charge is 0.0315 e. The molecular formula is C10H19N. The quantitative estimate of drug-likeness (QED) is 0.435. The van der Waals surface area contributed by atoms with Gasteiger partial charge in [0.1, 0.15) is 0 Å². The molecular weight excluding hydrogens is 134 g/mol. The van der Waals surface area contributed by atoms with E-state index in [9.17, 15) is 0 Å². The number of hydrogen-bond donors (Lipinski definition) is 0. The van der Waals surface area contributed by atoms with Gasteiger partial charge in [-0.25, -0.2) is 0 Å². The minimum Gasteiger partial charge on any atom is -0.286 e. The lowest BCUT2D eigenvalue weighted by Gasteiger charge is -2.11. The van der Waals surface area contributed by atoms with E-state index in [4.69, 9.17) is 0 Å². The zero-order valence-corrected chi connectivity index (χ0v) is 8.26. The number of hydrogen-bond acceptors (Lipinski definition) is 1. The second kappa shape index (κ2) is 2.63. The van der Waals surface area contributed by atoms with Gasteiger partial charge in [0, 0.05) is 17.6 Å². The van der Waals surface area contributed by atoms with Crippen LogP contribution < -0.4 is 0 Å². The van der Waals surface area contributed by atoms with Crippen molar-refractivity contribution in [3.63, 3.8) is 0 Å². The van der Waals surface area contributed by atoms with E-state index in [2.05, 4.69) is 51.7 Å². The van der Waals surface area contributed by atoms with E-state index in [-0.39, 0.29) is 0 Å². The van der Waals surface area contributed by atoms with Crippen molar-refractivity contribution in [2.45, 2.75) is 52.2 Å². The van der Waals surface area contributed by atoms with Crippen LogP contribution in [0.15, 0.2) is 12.2 Å². The summed E-state index contributed by atoms with van der Waals surface area (Å²) in [7, 11) is 0. The third kappa shape index (κ3) is 1.34. The summed E-state index contributed by atoms with van der Waals surface area (Å²) in [5.74, 6) is 0. The van der Waals surface area contributed by atoms with E-state index in [0.29, 0.717) is 11.6 Å². The summed E-state index contributed by atoms with van der Waals surface area (Å²) < 4.78 is 0. The van der Waals surface area contributed by atoms with Gasteiger partial charge in [0.2, 0.25) is 0 Å². The molecule has 11 heavy (non-hydrogen) atoms. The van der Waals surface area contributed by atoms with Crippen molar-refractivity contribution in [2.75, 3.05) is 0 Å². The van der Waals surface area contributed by atoms with Crippen LogP contribution in [-0.2, 0) is 0 Å². The Morgan fingerprint density at radius 3 is 2.18 bits per heavy atom. The van der Waals surface area contributed by atoms with Crippen LogP contribution in [0, 0.1) is 0 Å². The lowest BCUT2D eigenvalue weighted by Crippen LogP contribution is -2.18. The molecule has 0 N–H and O–H groups in total. The summed E-state index contributed by atoms with van der Waals surface area (Å²) in [6.07, 6.45) is 4.39. The summed E-state index contributed by atoms with van der Waals surface area (Å²) in [4.78, 5) is 2.52. The van der Waals surface area contributed by atoms with Gasteiger partial charge in [0.05, 0.1) is 0 Å². The van der Waals surface area contributed by atoms with Crippen LogP contribution >= 0.6 is 0 Å². The second-order valence-electron chi connectivity index (χ2n) is 4.00. The third-order valence-electron chi connectivity index (χ3n) is 2.95. The first-order chi connectivity index (χ1) is 5.01. The standard InChI is InChI=1S/C10H19N/c1-6-7-8(2)11-9(3)10(11,4)5/h6-9H,1-5H3/b7-6-. The summed E-state index contributed by atoms with van der Waals surface area (Å²) in [5, 5.41) is 0. The molecule has 0 aromatic heterocycles. The highest BCUT2D eigenvalue weighted by atomic mass is 15.4. The fourth-order valence-corrected chi connectivity index (χ4v) is 1.97. The zero-order valence-electron chi connectivity index (χ0n) is 8.26. The molecule has 0 aromatic rings. The Kier molecular flexibility index (Phi) is 2.10. The molecule has 64 valence electrons. The van der Waals surface area contributed by atoms with Crippen LogP contribution in [0.25, 0.3) is 0 Å². The van der Waals surface area contributed by atoms with Crippen molar-refractivity contribution in [3.05, 3.63) is 12.2 Å². The van der Waals surface area contributed by atoms with Gasteiger partial charge in [-0.05, 0) is 34.6 Å². The van der Waals surface area contributed by atoms with Crippen LogP contribution in [0.1, 0.15) is 34.6 Å². The van der Waals surface area contributed by atoms with Crippen molar-refractivity contribution in [1.29, 1.82) is 0 Å². The summed E-state index contributed by atoms with van der Waals surface area (Å²) in [6, 6.07) is 1.35. The van der Waals surface area contributed by atoms with Crippen molar-refractivity contribution in [2.24, 2.45) is 0 Å².